The van der Waals surface area contributed by atoms with Gasteiger partial charge in [-0.2, -0.15) is 18.7 Å². The van der Waals surface area contributed by atoms with Gasteiger partial charge in [-0.15, -0.1) is 0 Å². The van der Waals surface area contributed by atoms with Gasteiger partial charge in [0.25, 0.3) is 5.91 Å². The van der Waals surface area contributed by atoms with E-state index in [1.165, 1.54) is 5.48 Å². The van der Waals surface area contributed by atoms with Crippen LogP contribution in [0.2, 0.25) is 10.3 Å². The summed E-state index contributed by atoms with van der Waals surface area (Å²) >= 11 is 10.8. The van der Waals surface area contributed by atoms with Crippen LogP contribution in [0.25, 0.3) is 0 Å². The molecule has 0 bridgehead atoms. The molecule has 0 aliphatic rings. The molecule has 18 heavy (non-hydrogen) atoms. The van der Waals surface area contributed by atoms with Gasteiger partial charge in [-0.1, -0.05) is 23.2 Å². The number of hydrogen-bond donors (Lipinski definition) is 2. The number of hydroxylamine groups is 1. The van der Waals surface area contributed by atoms with E-state index in [-0.39, 0.29) is 10.3 Å². The molecule has 0 aliphatic carbocycles. The molecule has 0 atom stereocenters. The maximum atomic E-state index is 11.8. The zero-order valence-corrected chi connectivity index (χ0v) is 9.78. The Bertz CT molecular complexity index is 455. The maximum absolute atomic E-state index is 11.8. The summed E-state index contributed by atoms with van der Waals surface area (Å²) in [5.74, 6) is -3.23. The third-order valence-corrected chi connectivity index (χ3v) is 2.07. The molecule has 0 spiro atoms. The van der Waals surface area contributed by atoms with Gasteiger partial charge in [0.15, 0.2) is 5.15 Å². The van der Waals surface area contributed by atoms with E-state index in [9.17, 15) is 22.8 Å². The van der Waals surface area contributed by atoms with E-state index in [0.717, 1.165) is 0 Å². The van der Waals surface area contributed by atoms with Gasteiger partial charge in [-0.05, 0) is 0 Å². The molecule has 0 aliphatic heterocycles. The smallest absolute Gasteiger partial charge is 0.332 e. The number of alkyl halides is 3. The number of halogens is 5. The van der Waals surface area contributed by atoms with Crippen molar-refractivity contribution in [2.45, 2.75) is 12.6 Å². The van der Waals surface area contributed by atoms with Crippen LogP contribution in [0.1, 0.15) is 17.0 Å². The molecule has 0 saturated carbocycles. The summed E-state index contributed by atoms with van der Waals surface area (Å²) < 4.78 is 35.3. The van der Waals surface area contributed by atoms with Crippen LogP contribution in [0.5, 0.6) is 0 Å². The molecule has 0 unspecified atom stereocenters. The first kappa shape index (κ1) is 14.6. The molecule has 0 saturated heterocycles. The second-order valence-corrected chi connectivity index (χ2v) is 3.63. The predicted molar refractivity (Wildman–Crippen MR) is 52.8 cm³/mol. The van der Waals surface area contributed by atoms with Crippen molar-refractivity contribution < 1.29 is 27.6 Å². The van der Waals surface area contributed by atoms with E-state index in [1.54, 1.807) is 0 Å². The standard InChI is InChI=1S/C7H4Cl2F3N3O3/c8-3-4(9)14-5(13-3)6(17)18-15-2(16)1-7(10,11)12/h1H2,(H,13,14)(H,15,16). The number of imidazole rings is 1. The highest BCUT2D eigenvalue weighted by molar-refractivity contribution is 6.40. The first-order valence-electron chi connectivity index (χ1n) is 4.17. The second-order valence-electron chi connectivity index (χ2n) is 2.90. The van der Waals surface area contributed by atoms with Gasteiger partial charge in [-0.25, -0.2) is 9.78 Å². The Balaban J connectivity index is 2.49. The van der Waals surface area contributed by atoms with Crippen molar-refractivity contribution in [3.05, 3.63) is 16.1 Å². The largest absolute Gasteiger partial charge is 0.398 e. The average molecular weight is 306 g/mol. The summed E-state index contributed by atoms with van der Waals surface area (Å²) in [5, 5.41) is -0.365. The van der Waals surface area contributed by atoms with Crippen molar-refractivity contribution in [2.24, 2.45) is 0 Å². The van der Waals surface area contributed by atoms with Gasteiger partial charge >= 0.3 is 12.1 Å². The Morgan fingerprint density at radius 1 is 1.39 bits per heavy atom. The molecular formula is C7H4Cl2F3N3O3. The number of nitrogens with zero attached hydrogens (tertiary/aromatic N) is 1. The first-order valence-corrected chi connectivity index (χ1v) is 4.92. The molecule has 1 rings (SSSR count). The predicted octanol–water partition coefficient (Wildman–Crippen LogP) is 1.86. The minimum atomic E-state index is -4.70. The van der Waals surface area contributed by atoms with Crippen LogP contribution < -0.4 is 5.48 Å². The summed E-state index contributed by atoms with van der Waals surface area (Å²) in [4.78, 5) is 31.5. The maximum Gasteiger partial charge on any atom is 0.398 e. The van der Waals surface area contributed by atoms with Crippen molar-refractivity contribution in [3.63, 3.8) is 0 Å². The number of nitrogens with one attached hydrogen (secondary N) is 2. The summed E-state index contributed by atoms with van der Waals surface area (Å²) in [6.07, 6.45) is -6.48. The molecule has 11 heteroatoms. The van der Waals surface area contributed by atoms with Crippen LogP contribution in [0.15, 0.2) is 0 Å². The quantitative estimate of drug-likeness (QED) is 0.817. The second kappa shape index (κ2) is 5.44. The Hall–Kier alpha value is -1.48. The van der Waals surface area contributed by atoms with Gasteiger partial charge in [0.1, 0.15) is 11.6 Å². The molecule has 1 aromatic rings. The van der Waals surface area contributed by atoms with Crippen molar-refractivity contribution in [1.82, 2.24) is 15.4 Å². The minimum absolute atomic E-state index is 0.148. The van der Waals surface area contributed by atoms with E-state index in [2.05, 4.69) is 14.8 Å². The van der Waals surface area contributed by atoms with Crippen LogP contribution in [-0.2, 0) is 9.63 Å². The highest BCUT2D eigenvalue weighted by atomic mass is 35.5. The van der Waals surface area contributed by atoms with Crippen molar-refractivity contribution in [1.29, 1.82) is 0 Å². The Morgan fingerprint density at radius 2 is 2.00 bits per heavy atom. The molecule has 0 aromatic carbocycles. The number of carbonyl (C=O) groups is 2. The zero-order valence-electron chi connectivity index (χ0n) is 8.27. The van der Waals surface area contributed by atoms with Crippen molar-refractivity contribution >= 4 is 35.1 Å². The van der Waals surface area contributed by atoms with E-state index >= 15 is 0 Å². The van der Waals surface area contributed by atoms with Crippen molar-refractivity contribution in [2.75, 3.05) is 0 Å². The lowest BCUT2D eigenvalue weighted by Crippen LogP contribution is -2.31. The molecule has 1 heterocycles. The number of carbonyl (C=O) groups excluding carboxylic acids is 2. The molecule has 0 radical (unpaired) electrons. The van der Waals surface area contributed by atoms with Crippen LogP contribution in [0.3, 0.4) is 0 Å². The Morgan fingerprint density at radius 3 is 2.44 bits per heavy atom. The van der Waals surface area contributed by atoms with Crippen LogP contribution >= 0.6 is 23.2 Å². The third kappa shape index (κ3) is 4.41. The normalized spacial score (nSPS) is 11.2. The first-order chi connectivity index (χ1) is 8.19. The highest BCUT2D eigenvalue weighted by Gasteiger charge is 2.31. The zero-order chi connectivity index (χ0) is 13.9. The lowest BCUT2D eigenvalue weighted by Gasteiger charge is -2.06. The summed E-state index contributed by atoms with van der Waals surface area (Å²) in [6, 6.07) is 0. The average Bonchev–Trinajstić information content (AvgIpc) is 2.53. The Kier molecular flexibility index (Phi) is 4.41. The van der Waals surface area contributed by atoms with E-state index in [4.69, 9.17) is 23.2 Å². The molecule has 0 fully saturated rings. The summed E-state index contributed by atoms with van der Waals surface area (Å²) in [5.41, 5.74) is 1.31. The van der Waals surface area contributed by atoms with E-state index in [0.29, 0.717) is 0 Å². The molecular weight excluding hydrogens is 302 g/mol. The van der Waals surface area contributed by atoms with Gasteiger partial charge < -0.3 is 9.82 Å². The Labute approximate surface area is 107 Å². The summed E-state index contributed by atoms with van der Waals surface area (Å²) in [7, 11) is 0. The number of amides is 1. The topological polar surface area (TPSA) is 84.1 Å². The lowest BCUT2D eigenvalue weighted by atomic mass is 10.4. The lowest BCUT2D eigenvalue weighted by molar-refractivity contribution is -0.160. The molecule has 2 N–H and O–H groups in total. The number of rotatable bonds is 2. The van der Waals surface area contributed by atoms with E-state index < -0.39 is 30.3 Å². The fraction of sp³-hybridized carbons (Fsp3) is 0.286. The van der Waals surface area contributed by atoms with Crippen LogP contribution in [0, 0.1) is 0 Å². The molecule has 1 amide bonds. The SMILES string of the molecule is O=C(CC(F)(F)F)NOC(=O)c1nc(Cl)c(Cl)[nH]1. The molecule has 6 nitrogen and oxygen atoms in total. The summed E-state index contributed by atoms with van der Waals surface area (Å²) in [6.45, 7) is 0. The van der Waals surface area contributed by atoms with Crippen molar-refractivity contribution in [3.8, 4) is 0 Å². The number of aromatic nitrogens is 2. The molecule has 1 aromatic heterocycles. The fourth-order valence-electron chi connectivity index (χ4n) is 0.797. The minimum Gasteiger partial charge on any atom is -0.332 e. The van der Waals surface area contributed by atoms with Gasteiger partial charge in [-0.3, -0.25) is 4.79 Å². The number of aromatic amines is 1. The monoisotopic (exact) mass is 305 g/mol. The number of hydrogen-bond acceptors (Lipinski definition) is 4. The number of H-pyrrole nitrogens is 1. The fourth-order valence-corrected chi connectivity index (χ4v) is 1.06. The van der Waals surface area contributed by atoms with E-state index in [1.807, 2.05) is 0 Å². The van der Waals surface area contributed by atoms with Gasteiger partial charge in [0, 0.05) is 0 Å². The van der Waals surface area contributed by atoms with Crippen LogP contribution in [-0.4, -0.2) is 28.0 Å². The third-order valence-electron chi connectivity index (χ3n) is 1.43. The van der Waals surface area contributed by atoms with Gasteiger partial charge in [0.05, 0.1) is 0 Å². The van der Waals surface area contributed by atoms with Gasteiger partial charge in [0.2, 0.25) is 5.82 Å². The molecule has 100 valence electrons. The van der Waals surface area contributed by atoms with Crippen LogP contribution in [0.4, 0.5) is 13.2 Å². The highest BCUT2D eigenvalue weighted by Crippen LogP contribution is 2.19.